The first-order chi connectivity index (χ1) is 5.77. The lowest BCUT2D eigenvalue weighted by Gasteiger charge is -2.27. The van der Waals surface area contributed by atoms with E-state index in [9.17, 15) is 0 Å². The van der Waals surface area contributed by atoms with Crippen LogP contribution in [0.4, 0.5) is 0 Å². The Balaban J connectivity index is 0.000000336. The summed E-state index contributed by atoms with van der Waals surface area (Å²) in [6.07, 6.45) is 4.41. The fraction of sp³-hybridized carbons (Fsp3) is 1.00. The first-order valence-electron chi connectivity index (χ1n) is 5.45. The third kappa shape index (κ3) is 1.66. The zero-order chi connectivity index (χ0) is 9.19. The number of piperidine rings is 1. The lowest BCUT2D eigenvalue weighted by Crippen LogP contribution is -2.31. The van der Waals surface area contributed by atoms with Crippen molar-refractivity contribution in [1.82, 2.24) is 4.90 Å². The highest BCUT2D eigenvalue weighted by Crippen LogP contribution is 2.59. The van der Waals surface area contributed by atoms with Crippen molar-refractivity contribution >= 4 is 0 Å². The number of hydrogen-bond acceptors (Lipinski definition) is 1. The molecule has 0 aromatic rings. The van der Waals surface area contributed by atoms with Gasteiger partial charge in [-0.25, -0.2) is 0 Å². The molecule has 1 heteroatoms. The van der Waals surface area contributed by atoms with Crippen LogP contribution in [-0.4, -0.2) is 25.0 Å². The molecule has 1 aliphatic carbocycles. The molecule has 0 bridgehead atoms. The second-order valence-electron chi connectivity index (χ2n) is 4.13. The summed E-state index contributed by atoms with van der Waals surface area (Å²) in [6, 6.07) is 0. The zero-order valence-corrected chi connectivity index (χ0v) is 9.06. The van der Waals surface area contributed by atoms with Gasteiger partial charge in [-0.15, -0.1) is 0 Å². The molecule has 1 saturated heterocycles. The summed E-state index contributed by atoms with van der Waals surface area (Å²) in [5, 5.41) is 0. The third-order valence-corrected chi connectivity index (χ3v) is 3.59. The second kappa shape index (κ2) is 3.78. The van der Waals surface area contributed by atoms with E-state index in [2.05, 4.69) is 18.9 Å². The van der Waals surface area contributed by atoms with Gasteiger partial charge in [0.25, 0.3) is 0 Å². The van der Waals surface area contributed by atoms with E-state index in [1.165, 1.54) is 32.4 Å². The molecule has 0 aromatic heterocycles. The summed E-state index contributed by atoms with van der Waals surface area (Å²) in [5.41, 5.74) is 0.826. The molecule has 0 N–H and O–H groups in total. The van der Waals surface area contributed by atoms with Crippen molar-refractivity contribution in [2.24, 2.45) is 11.3 Å². The lowest BCUT2D eigenvalue weighted by molar-refractivity contribution is 0.207. The number of rotatable bonds is 1. The highest BCUT2D eigenvalue weighted by Gasteiger charge is 2.54. The van der Waals surface area contributed by atoms with E-state index < -0.39 is 0 Å². The lowest BCUT2D eigenvalue weighted by atomic mass is 9.93. The van der Waals surface area contributed by atoms with Crippen LogP contribution in [0.25, 0.3) is 0 Å². The molecule has 1 saturated carbocycles. The molecular formula is C11H23N. The van der Waals surface area contributed by atoms with Crippen LogP contribution in [0.1, 0.15) is 40.0 Å². The molecule has 0 amide bonds. The largest absolute Gasteiger partial charge is 0.306 e. The monoisotopic (exact) mass is 169 g/mol. The molecule has 72 valence electrons. The first-order valence-corrected chi connectivity index (χ1v) is 5.45. The summed E-state index contributed by atoms with van der Waals surface area (Å²) in [5.74, 6) is 1.07. The fourth-order valence-electron chi connectivity index (χ4n) is 2.49. The highest BCUT2D eigenvalue weighted by molar-refractivity contribution is 5.05. The van der Waals surface area contributed by atoms with Gasteiger partial charge in [-0.2, -0.15) is 0 Å². The molecule has 1 heterocycles. The first kappa shape index (κ1) is 10.0. The van der Waals surface area contributed by atoms with Gasteiger partial charge in [0.2, 0.25) is 0 Å². The number of hydrogen-bond donors (Lipinski definition) is 0. The Morgan fingerprint density at radius 1 is 1.42 bits per heavy atom. The SMILES string of the molecule is CC.CCC12CCN(C)CC1C2. The summed E-state index contributed by atoms with van der Waals surface area (Å²) in [4.78, 5) is 2.48. The summed E-state index contributed by atoms with van der Waals surface area (Å²) >= 11 is 0. The van der Waals surface area contributed by atoms with Gasteiger partial charge < -0.3 is 4.90 Å². The molecule has 2 unspecified atom stereocenters. The van der Waals surface area contributed by atoms with E-state index in [4.69, 9.17) is 0 Å². The smallest absolute Gasteiger partial charge is 0.00121 e. The Kier molecular flexibility index (Phi) is 3.16. The van der Waals surface area contributed by atoms with Crippen LogP contribution in [0.5, 0.6) is 0 Å². The predicted molar refractivity (Wildman–Crippen MR) is 54.3 cm³/mol. The van der Waals surface area contributed by atoms with Crippen LogP contribution < -0.4 is 0 Å². The molecule has 1 aliphatic heterocycles. The molecule has 1 nitrogen and oxygen atoms in total. The van der Waals surface area contributed by atoms with Crippen LogP contribution >= 0.6 is 0 Å². The number of nitrogens with zero attached hydrogens (tertiary/aromatic N) is 1. The highest BCUT2D eigenvalue weighted by atomic mass is 15.1. The van der Waals surface area contributed by atoms with Gasteiger partial charge in [-0.3, -0.25) is 0 Å². The van der Waals surface area contributed by atoms with Gasteiger partial charge in [0, 0.05) is 6.54 Å². The van der Waals surface area contributed by atoms with Crippen molar-refractivity contribution in [1.29, 1.82) is 0 Å². The van der Waals surface area contributed by atoms with Gasteiger partial charge in [0.1, 0.15) is 0 Å². The Hall–Kier alpha value is -0.0400. The molecule has 2 fully saturated rings. The third-order valence-electron chi connectivity index (χ3n) is 3.59. The van der Waals surface area contributed by atoms with Crippen LogP contribution in [0.2, 0.25) is 0 Å². The zero-order valence-electron chi connectivity index (χ0n) is 9.06. The summed E-state index contributed by atoms with van der Waals surface area (Å²) in [6.45, 7) is 9.06. The maximum Gasteiger partial charge on any atom is 0.00121 e. The van der Waals surface area contributed by atoms with Gasteiger partial charge in [0.15, 0.2) is 0 Å². The van der Waals surface area contributed by atoms with Gasteiger partial charge in [-0.05, 0) is 37.8 Å². The van der Waals surface area contributed by atoms with Crippen LogP contribution in [0.3, 0.4) is 0 Å². The predicted octanol–water partition coefficient (Wildman–Crippen LogP) is 2.76. The maximum absolute atomic E-state index is 2.48. The standard InChI is InChI=1S/C9H17N.C2H6/c1-3-9-4-5-10(2)7-8(9)6-9;1-2/h8H,3-7H2,1-2H3;1-2H3. The van der Waals surface area contributed by atoms with E-state index in [-0.39, 0.29) is 0 Å². The summed E-state index contributed by atoms with van der Waals surface area (Å²) < 4.78 is 0. The average molecular weight is 169 g/mol. The van der Waals surface area contributed by atoms with Crippen LogP contribution in [-0.2, 0) is 0 Å². The van der Waals surface area contributed by atoms with Crippen LogP contribution in [0.15, 0.2) is 0 Å². The van der Waals surface area contributed by atoms with Gasteiger partial charge in [-0.1, -0.05) is 27.2 Å². The number of fused-ring (bicyclic) bond motifs is 1. The van der Waals surface area contributed by atoms with Crippen molar-refractivity contribution in [3.05, 3.63) is 0 Å². The summed E-state index contributed by atoms with van der Waals surface area (Å²) in [7, 11) is 2.25. The van der Waals surface area contributed by atoms with Crippen molar-refractivity contribution in [3.63, 3.8) is 0 Å². The van der Waals surface area contributed by atoms with E-state index in [0.29, 0.717) is 0 Å². The normalized spacial score (nSPS) is 39.5. The number of likely N-dealkylation sites (tertiary alicyclic amines) is 1. The van der Waals surface area contributed by atoms with Crippen molar-refractivity contribution in [2.75, 3.05) is 20.1 Å². The van der Waals surface area contributed by atoms with E-state index in [1.54, 1.807) is 0 Å². The van der Waals surface area contributed by atoms with Crippen LogP contribution in [0, 0.1) is 11.3 Å². The second-order valence-corrected chi connectivity index (χ2v) is 4.13. The Morgan fingerprint density at radius 2 is 2.08 bits per heavy atom. The topological polar surface area (TPSA) is 3.24 Å². The molecular weight excluding hydrogens is 146 g/mol. The minimum absolute atomic E-state index is 0.826. The molecule has 0 spiro atoms. The Labute approximate surface area is 77.1 Å². The molecule has 0 aromatic carbocycles. The van der Waals surface area contributed by atoms with Gasteiger partial charge in [0.05, 0.1) is 0 Å². The fourth-order valence-corrected chi connectivity index (χ4v) is 2.49. The quantitative estimate of drug-likeness (QED) is 0.583. The molecule has 0 radical (unpaired) electrons. The molecule has 2 aliphatic rings. The molecule has 2 atom stereocenters. The minimum Gasteiger partial charge on any atom is -0.306 e. The minimum atomic E-state index is 0.826. The Morgan fingerprint density at radius 3 is 2.58 bits per heavy atom. The van der Waals surface area contributed by atoms with Crippen molar-refractivity contribution in [2.45, 2.75) is 40.0 Å². The average Bonchev–Trinajstić information content (AvgIpc) is 2.82. The molecule has 2 rings (SSSR count). The van der Waals surface area contributed by atoms with Crippen molar-refractivity contribution < 1.29 is 0 Å². The van der Waals surface area contributed by atoms with E-state index >= 15 is 0 Å². The maximum atomic E-state index is 2.48. The molecule has 12 heavy (non-hydrogen) atoms. The van der Waals surface area contributed by atoms with E-state index in [0.717, 1.165) is 11.3 Å². The van der Waals surface area contributed by atoms with Crippen molar-refractivity contribution in [3.8, 4) is 0 Å². The van der Waals surface area contributed by atoms with E-state index in [1.807, 2.05) is 13.8 Å². The van der Waals surface area contributed by atoms with Gasteiger partial charge >= 0.3 is 0 Å². The Bertz CT molecular complexity index is 144.